The average Bonchev–Trinajstić information content (AvgIpc) is 2.73. The van der Waals surface area contributed by atoms with Gasteiger partial charge in [0, 0.05) is 53.2 Å². The number of ether oxygens (including phenoxy) is 2. The van der Waals surface area contributed by atoms with Crippen molar-refractivity contribution in [3.63, 3.8) is 0 Å². The molecule has 0 aromatic heterocycles. The fourth-order valence-electron chi connectivity index (χ4n) is 2.20. The van der Waals surface area contributed by atoms with Crippen LogP contribution >= 0.6 is 0 Å². The Morgan fingerprint density at radius 3 is 1.86 bits per heavy atom. The molecule has 0 radical (unpaired) electrons. The van der Waals surface area contributed by atoms with Gasteiger partial charge in [0.05, 0.1) is 13.2 Å². The number of amides is 2. The van der Waals surface area contributed by atoms with E-state index in [1.54, 1.807) is 14.2 Å². The zero-order valence-electron chi connectivity index (χ0n) is 18.1. The van der Waals surface area contributed by atoms with Gasteiger partial charge in [-0.1, -0.05) is 30.3 Å². The van der Waals surface area contributed by atoms with E-state index in [1.807, 2.05) is 25.2 Å². The largest absolute Gasteiger partial charge is 0.383 e. The minimum absolute atomic E-state index is 0.0661. The lowest BCUT2D eigenvalue weighted by atomic mass is 10.1. The molecule has 0 bridgehead atoms. The summed E-state index contributed by atoms with van der Waals surface area (Å²) in [5, 5.41) is 11.7. The van der Waals surface area contributed by atoms with E-state index in [4.69, 9.17) is 9.47 Å². The predicted octanol–water partition coefficient (Wildman–Crippen LogP) is 0.330. The molecule has 0 fully saturated rings. The molecule has 29 heavy (non-hydrogen) atoms. The maximum absolute atomic E-state index is 11.3. The first-order valence-electron chi connectivity index (χ1n) is 10.0. The van der Waals surface area contributed by atoms with Crippen LogP contribution in [0.3, 0.4) is 0 Å². The number of benzene rings is 1. The minimum Gasteiger partial charge on any atom is -0.383 e. The van der Waals surface area contributed by atoms with Crippen molar-refractivity contribution < 1.29 is 19.1 Å². The number of carbonyl (C=O) groups excluding carboxylic acids is 2. The SMILES string of the molecule is CNCCC(=O)NCCOC.COCCNC(=O)CCNCCc1ccccc1. The van der Waals surface area contributed by atoms with Crippen molar-refractivity contribution in [1.82, 2.24) is 21.3 Å². The zero-order chi connectivity index (χ0) is 21.6. The fourth-order valence-corrected chi connectivity index (χ4v) is 2.20. The molecule has 1 aromatic carbocycles. The van der Waals surface area contributed by atoms with Crippen LogP contribution in [0.4, 0.5) is 0 Å². The number of hydrogen-bond acceptors (Lipinski definition) is 6. The zero-order valence-corrected chi connectivity index (χ0v) is 18.1. The fraction of sp³-hybridized carbons (Fsp3) is 0.619. The van der Waals surface area contributed by atoms with Crippen molar-refractivity contribution in [1.29, 1.82) is 0 Å². The molecule has 0 heterocycles. The molecule has 2 amide bonds. The topological polar surface area (TPSA) is 101 Å². The van der Waals surface area contributed by atoms with E-state index in [2.05, 4.69) is 33.4 Å². The highest BCUT2D eigenvalue weighted by molar-refractivity contribution is 5.76. The monoisotopic (exact) mass is 410 g/mol. The standard InChI is InChI=1S/C14H22N2O2.C7H16N2O2/c1-18-12-11-16-14(17)8-10-15-9-7-13-5-3-2-4-6-13;1-8-4-3-7(10)9-5-6-11-2/h2-6,15H,7-12H2,1H3,(H,16,17);8H,3-6H2,1-2H3,(H,9,10). The van der Waals surface area contributed by atoms with Crippen LogP contribution in [-0.2, 0) is 25.5 Å². The lowest BCUT2D eigenvalue weighted by molar-refractivity contribution is -0.122. The summed E-state index contributed by atoms with van der Waals surface area (Å²) in [4.78, 5) is 22.2. The summed E-state index contributed by atoms with van der Waals surface area (Å²) in [5.74, 6) is 0.135. The second-order valence-electron chi connectivity index (χ2n) is 6.27. The summed E-state index contributed by atoms with van der Waals surface area (Å²) in [6.45, 7) is 4.65. The first kappa shape index (κ1) is 27.0. The number of rotatable bonds is 15. The van der Waals surface area contributed by atoms with Gasteiger partial charge in [-0.15, -0.1) is 0 Å². The average molecular weight is 411 g/mol. The summed E-state index contributed by atoms with van der Waals surface area (Å²) >= 11 is 0. The molecule has 166 valence electrons. The number of nitrogens with one attached hydrogen (secondary N) is 4. The number of hydrogen-bond donors (Lipinski definition) is 4. The van der Waals surface area contributed by atoms with Crippen LogP contribution in [0.2, 0.25) is 0 Å². The third-order valence-corrected chi connectivity index (χ3v) is 3.82. The number of carbonyl (C=O) groups is 2. The van der Waals surface area contributed by atoms with Crippen LogP contribution in [0.25, 0.3) is 0 Å². The number of methoxy groups -OCH3 is 2. The molecule has 0 saturated heterocycles. The second kappa shape index (κ2) is 20.7. The Morgan fingerprint density at radius 1 is 0.793 bits per heavy atom. The smallest absolute Gasteiger partial charge is 0.221 e. The minimum atomic E-state index is 0.0661. The Bertz CT molecular complexity index is 515. The molecule has 1 aromatic rings. The highest BCUT2D eigenvalue weighted by Crippen LogP contribution is 1.97. The van der Waals surface area contributed by atoms with Crippen molar-refractivity contribution in [2.75, 3.05) is 67.2 Å². The molecule has 1 rings (SSSR count). The maximum atomic E-state index is 11.3. The van der Waals surface area contributed by atoms with E-state index in [0.29, 0.717) is 45.7 Å². The van der Waals surface area contributed by atoms with E-state index in [-0.39, 0.29) is 11.8 Å². The molecular weight excluding hydrogens is 372 g/mol. The van der Waals surface area contributed by atoms with Crippen molar-refractivity contribution >= 4 is 11.8 Å². The Hall–Kier alpha value is -2.00. The van der Waals surface area contributed by atoms with E-state index >= 15 is 0 Å². The summed E-state index contributed by atoms with van der Waals surface area (Å²) in [5.41, 5.74) is 1.31. The Morgan fingerprint density at radius 2 is 1.34 bits per heavy atom. The van der Waals surface area contributed by atoms with Crippen LogP contribution < -0.4 is 21.3 Å². The Kier molecular flexibility index (Phi) is 19.3. The maximum Gasteiger partial charge on any atom is 0.221 e. The van der Waals surface area contributed by atoms with Crippen LogP contribution in [0.1, 0.15) is 18.4 Å². The van der Waals surface area contributed by atoms with Crippen LogP contribution in [0, 0.1) is 0 Å². The molecule has 0 unspecified atom stereocenters. The molecule has 4 N–H and O–H groups in total. The van der Waals surface area contributed by atoms with Gasteiger partial charge in [-0.3, -0.25) is 9.59 Å². The van der Waals surface area contributed by atoms with Gasteiger partial charge >= 0.3 is 0 Å². The van der Waals surface area contributed by atoms with Crippen LogP contribution in [-0.4, -0.2) is 79.0 Å². The van der Waals surface area contributed by atoms with E-state index < -0.39 is 0 Å². The summed E-state index contributed by atoms with van der Waals surface area (Å²) in [6.07, 6.45) is 2.03. The van der Waals surface area contributed by atoms with Crippen LogP contribution in [0.15, 0.2) is 30.3 Å². The third-order valence-electron chi connectivity index (χ3n) is 3.82. The van der Waals surface area contributed by atoms with Gasteiger partial charge in [0.15, 0.2) is 0 Å². The first-order chi connectivity index (χ1) is 14.1. The summed E-state index contributed by atoms with van der Waals surface area (Å²) in [6, 6.07) is 10.3. The second-order valence-corrected chi connectivity index (χ2v) is 6.27. The van der Waals surface area contributed by atoms with Gasteiger partial charge in [0.25, 0.3) is 0 Å². The lowest BCUT2D eigenvalue weighted by Gasteiger charge is -2.06. The van der Waals surface area contributed by atoms with Gasteiger partial charge in [0.2, 0.25) is 11.8 Å². The van der Waals surface area contributed by atoms with Gasteiger partial charge in [-0.2, -0.15) is 0 Å². The Balaban J connectivity index is 0.000000614. The summed E-state index contributed by atoms with van der Waals surface area (Å²) in [7, 11) is 5.06. The van der Waals surface area contributed by atoms with E-state index in [0.717, 1.165) is 19.5 Å². The first-order valence-corrected chi connectivity index (χ1v) is 10.0. The van der Waals surface area contributed by atoms with Gasteiger partial charge < -0.3 is 30.7 Å². The van der Waals surface area contributed by atoms with Crippen LogP contribution in [0.5, 0.6) is 0 Å². The van der Waals surface area contributed by atoms with Crippen molar-refractivity contribution in [3.05, 3.63) is 35.9 Å². The lowest BCUT2D eigenvalue weighted by Crippen LogP contribution is -2.30. The quantitative estimate of drug-likeness (QED) is 0.311. The molecule has 0 aliphatic rings. The van der Waals surface area contributed by atoms with Crippen molar-refractivity contribution in [2.24, 2.45) is 0 Å². The molecule has 8 nitrogen and oxygen atoms in total. The Labute approximate surface area is 175 Å². The molecule has 0 aliphatic heterocycles. The van der Waals surface area contributed by atoms with Gasteiger partial charge in [0.1, 0.15) is 0 Å². The highest BCUT2D eigenvalue weighted by Gasteiger charge is 1.99. The van der Waals surface area contributed by atoms with E-state index in [1.165, 1.54) is 5.56 Å². The van der Waals surface area contributed by atoms with Crippen molar-refractivity contribution in [2.45, 2.75) is 19.3 Å². The highest BCUT2D eigenvalue weighted by atomic mass is 16.5. The molecule has 8 heteroatoms. The summed E-state index contributed by atoms with van der Waals surface area (Å²) < 4.78 is 9.62. The molecular formula is C21H38N4O4. The third kappa shape index (κ3) is 19.1. The molecule has 0 spiro atoms. The van der Waals surface area contributed by atoms with Crippen molar-refractivity contribution in [3.8, 4) is 0 Å². The van der Waals surface area contributed by atoms with E-state index in [9.17, 15) is 9.59 Å². The molecule has 0 saturated carbocycles. The predicted molar refractivity (Wildman–Crippen MR) is 116 cm³/mol. The molecule has 0 aliphatic carbocycles. The normalized spacial score (nSPS) is 10.0. The van der Waals surface area contributed by atoms with Gasteiger partial charge in [-0.05, 0) is 25.6 Å². The molecule has 0 atom stereocenters. The van der Waals surface area contributed by atoms with Gasteiger partial charge in [-0.25, -0.2) is 0 Å².